The van der Waals surface area contributed by atoms with Crippen molar-refractivity contribution in [1.29, 1.82) is 0 Å². The summed E-state index contributed by atoms with van der Waals surface area (Å²) in [6.45, 7) is 1.39. The number of carbonyl (C=O) groups is 1. The number of nitrogens with zero attached hydrogens (tertiary/aromatic N) is 3. The van der Waals surface area contributed by atoms with Crippen LogP contribution in [0.1, 0.15) is 21.7 Å². The zero-order valence-electron chi connectivity index (χ0n) is 12.5. The Kier molecular flexibility index (Phi) is 3.75. The number of imidazole rings is 1. The van der Waals surface area contributed by atoms with Crippen LogP contribution in [0.2, 0.25) is 0 Å². The van der Waals surface area contributed by atoms with E-state index in [0.29, 0.717) is 17.3 Å². The second-order valence-electron chi connectivity index (χ2n) is 5.29. The Labute approximate surface area is 134 Å². The molecule has 3 aromatic rings. The normalized spacial score (nSPS) is 11.8. The van der Waals surface area contributed by atoms with Crippen LogP contribution in [0.5, 0.6) is 0 Å². The first-order valence-electron chi connectivity index (χ1n) is 7.02. The van der Waals surface area contributed by atoms with E-state index < -0.39 is 17.4 Å². The first-order chi connectivity index (χ1) is 11.3. The van der Waals surface area contributed by atoms with Gasteiger partial charge in [-0.3, -0.25) is 14.0 Å². The third-order valence-corrected chi connectivity index (χ3v) is 3.60. The Hall–Kier alpha value is -2.90. The van der Waals surface area contributed by atoms with Crippen molar-refractivity contribution in [3.05, 3.63) is 69.9 Å². The maximum absolute atomic E-state index is 12.9. The van der Waals surface area contributed by atoms with Crippen LogP contribution in [0, 0.1) is 6.92 Å². The molecule has 124 valence electrons. The average molecular weight is 335 g/mol. The van der Waals surface area contributed by atoms with E-state index in [9.17, 15) is 22.8 Å². The highest BCUT2D eigenvalue weighted by Crippen LogP contribution is 2.27. The average Bonchev–Trinajstić information content (AvgIpc) is 2.84. The molecule has 8 heteroatoms. The topological polar surface area (TPSA) is 56.4 Å². The molecule has 0 bridgehead atoms. The molecule has 0 fully saturated rings. The van der Waals surface area contributed by atoms with E-state index in [2.05, 4.69) is 4.98 Å². The van der Waals surface area contributed by atoms with E-state index in [0.717, 1.165) is 4.40 Å². The van der Waals surface area contributed by atoms with E-state index in [1.54, 1.807) is 37.3 Å². The lowest BCUT2D eigenvalue weighted by Gasteiger charge is -2.08. The number of hydrogen-bond donors (Lipinski definition) is 0. The van der Waals surface area contributed by atoms with Gasteiger partial charge in [0.15, 0.2) is 11.5 Å². The van der Waals surface area contributed by atoms with Gasteiger partial charge in [-0.1, -0.05) is 30.3 Å². The van der Waals surface area contributed by atoms with Gasteiger partial charge in [0.1, 0.15) is 0 Å². The van der Waals surface area contributed by atoms with Crippen molar-refractivity contribution in [2.75, 3.05) is 0 Å². The summed E-state index contributed by atoms with van der Waals surface area (Å²) in [6.07, 6.45) is -3.37. The van der Waals surface area contributed by atoms with E-state index in [4.69, 9.17) is 0 Å². The number of halogens is 3. The predicted octanol–water partition coefficient (Wildman–Crippen LogP) is 2.71. The second-order valence-corrected chi connectivity index (χ2v) is 5.29. The number of alkyl halides is 3. The SMILES string of the molecule is Cc1cn2c(=O)cc(C(F)(F)F)nc2n1CC(=O)c1ccccc1. The Morgan fingerprint density at radius 1 is 1.21 bits per heavy atom. The second kappa shape index (κ2) is 5.63. The van der Waals surface area contributed by atoms with Crippen molar-refractivity contribution in [3.8, 4) is 0 Å². The Balaban J connectivity index is 2.11. The number of benzene rings is 1. The molecule has 1 aromatic carbocycles. The summed E-state index contributed by atoms with van der Waals surface area (Å²) in [6, 6.07) is 8.81. The molecule has 3 rings (SSSR count). The minimum Gasteiger partial charge on any atom is -0.306 e. The third-order valence-electron chi connectivity index (χ3n) is 3.60. The molecule has 0 saturated heterocycles. The Morgan fingerprint density at radius 3 is 2.50 bits per heavy atom. The van der Waals surface area contributed by atoms with Gasteiger partial charge in [-0.15, -0.1) is 0 Å². The predicted molar refractivity (Wildman–Crippen MR) is 80.0 cm³/mol. The Morgan fingerprint density at radius 2 is 1.88 bits per heavy atom. The molecule has 0 spiro atoms. The molecule has 0 saturated carbocycles. The first kappa shape index (κ1) is 16.0. The lowest BCUT2D eigenvalue weighted by Crippen LogP contribution is -2.21. The van der Waals surface area contributed by atoms with Crippen molar-refractivity contribution in [2.24, 2.45) is 0 Å². The quantitative estimate of drug-likeness (QED) is 0.692. The molecular weight excluding hydrogens is 323 g/mol. The zero-order chi connectivity index (χ0) is 17.5. The Bertz CT molecular complexity index is 972. The molecule has 0 amide bonds. The summed E-state index contributed by atoms with van der Waals surface area (Å²) in [5, 5.41) is 0. The van der Waals surface area contributed by atoms with E-state index >= 15 is 0 Å². The van der Waals surface area contributed by atoms with Crippen LogP contribution in [-0.4, -0.2) is 19.7 Å². The van der Waals surface area contributed by atoms with E-state index in [1.165, 1.54) is 10.8 Å². The molecule has 24 heavy (non-hydrogen) atoms. The van der Waals surface area contributed by atoms with Crippen molar-refractivity contribution >= 4 is 11.6 Å². The van der Waals surface area contributed by atoms with Gasteiger partial charge in [0.05, 0.1) is 6.54 Å². The fourth-order valence-corrected chi connectivity index (χ4v) is 2.40. The summed E-state index contributed by atoms with van der Waals surface area (Å²) >= 11 is 0. The van der Waals surface area contributed by atoms with Crippen LogP contribution in [-0.2, 0) is 12.7 Å². The number of carbonyl (C=O) groups excluding carboxylic acids is 1. The largest absolute Gasteiger partial charge is 0.433 e. The lowest BCUT2D eigenvalue weighted by atomic mass is 10.1. The fourth-order valence-electron chi connectivity index (χ4n) is 2.40. The molecule has 0 N–H and O–H groups in total. The first-order valence-corrected chi connectivity index (χ1v) is 7.02. The summed E-state index contributed by atoms with van der Waals surface area (Å²) < 4.78 is 40.9. The smallest absolute Gasteiger partial charge is 0.306 e. The van der Waals surface area contributed by atoms with Crippen molar-refractivity contribution in [1.82, 2.24) is 14.0 Å². The van der Waals surface area contributed by atoms with Gasteiger partial charge < -0.3 is 4.57 Å². The van der Waals surface area contributed by atoms with Gasteiger partial charge in [0.25, 0.3) is 5.56 Å². The number of fused-ring (bicyclic) bond motifs is 1. The summed E-state index contributed by atoms with van der Waals surface area (Å²) in [5.41, 5.74) is -1.23. The van der Waals surface area contributed by atoms with Gasteiger partial charge in [-0.25, -0.2) is 4.98 Å². The van der Waals surface area contributed by atoms with Crippen LogP contribution in [0.15, 0.2) is 47.4 Å². The van der Waals surface area contributed by atoms with Crippen LogP contribution in [0.4, 0.5) is 13.2 Å². The van der Waals surface area contributed by atoms with Gasteiger partial charge >= 0.3 is 6.18 Å². The highest BCUT2D eigenvalue weighted by atomic mass is 19.4. The molecule has 0 atom stereocenters. The molecule has 0 radical (unpaired) electrons. The lowest BCUT2D eigenvalue weighted by molar-refractivity contribution is -0.141. The minimum atomic E-state index is -4.74. The molecular formula is C16H12F3N3O2. The van der Waals surface area contributed by atoms with Crippen LogP contribution < -0.4 is 5.56 Å². The minimum absolute atomic E-state index is 0.208. The fraction of sp³-hybridized carbons (Fsp3) is 0.188. The molecule has 2 heterocycles. The number of Topliss-reactive ketones (excluding diaryl/α,β-unsaturated/α-hetero) is 1. The number of ketones is 1. The zero-order valence-corrected chi connectivity index (χ0v) is 12.5. The summed E-state index contributed by atoms with van der Waals surface area (Å²) in [5.74, 6) is -0.500. The molecule has 0 aliphatic carbocycles. The van der Waals surface area contributed by atoms with Crippen LogP contribution in [0.3, 0.4) is 0 Å². The highest BCUT2D eigenvalue weighted by molar-refractivity contribution is 5.96. The number of aromatic nitrogens is 3. The summed E-state index contributed by atoms with van der Waals surface area (Å²) in [4.78, 5) is 27.7. The monoisotopic (exact) mass is 335 g/mol. The van der Waals surface area contributed by atoms with E-state index in [1.807, 2.05) is 0 Å². The number of hydrogen-bond acceptors (Lipinski definition) is 3. The van der Waals surface area contributed by atoms with Crippen molar-refractivity contribution < 1.29 is 18.0 Å². The summed E-state index contributed by atoms with van der Waals surface area (Å²) in [7, 11) is 0. The molecule has 0 aliphatic rings. The molecule has 5 nitrogen and oxygen atoms in total. The van der Waals surface area contributed by atoms with Crippen LogP contribution >= 0.6 is 0 Å². The highest BCUT2D eigenvalue weighted by Gasteiger charge is 2.34. The standard InChI is InChI=1S/C16H12F3N3O2/c1-10-8-22-14(24)7-13(16(17,18)19)20-15(22)21(10)9-12(23)11-5-3-2-4-6-11/h2-8H,9H2,1H3. The third kappa shape index (κ3) is 2.82. The molecule has 0 unspecified atom stereocenters. The molecule has 2 aromatic heterocycles. The van der Waals surface area contributed by atoms with Gasteiger partial charge in [0, 0.05) is 23.5 Å². The van der Waals surface area contributed by atoms with Crippen LogP contribution in [0.25, 0.3) is 5.78 Å². The number of rotatable bonds is 3. The van der Waals surface area contributed by atoms with Gasteiger partial charge in [0.2, 0.25) is 5.78 Å². The molecule has 0 aliphatic heterocycles. The van der Waals surface area contributed by atoms with Crippen molar-refractivity contribution in [2.45, 2.75) is 19.6 Å². The van der Waals surface area contributed by atoms with Gasteiger partial charge in [-0.2, -0.15) is 13.2 Å². The maximum atomic E-state index is 12.9. The number of aryl methyl sites for hydroxylation is 1. The van der Waals surface area contributed by atoms with Gasteiger partial charge in [-0.05, 0) is 6.92 Å². The maximum Gasteiger partial charge on any atom is 0.433 e. The van der Waals surface area contributed by atoms with Crippen molar-refractivity contribution in [3.63, 3.8) is 0 Å². The van der Waals surface area contributed by atoms with E-state index in [-0.39, 0.29) is 18.1 Å².